The first-order valence-electron chi connectivity index (χ1n) is 8.26. The van der Waals surface area contributed by atoms with Crippen LogP contribution in [0.25, 0.3) is 6.08 Å². The Morgan fingerprint density at radius 1 is 1.26 bits per heavy atom. The molecule has 1 aliphatic rings. The Balaban J connectivity index is 2.44. The number of aromatic carboxylic acids is 1. The first-order chi connectivity index (χ1) is 12.3. The highest BCUT2D eigenvalue weighted by Crippen LogP contribution is 2.39. The van der Waals surface area contributed by atoms with E-state index in [0.717, 1.165) is 17.8 Å². The fraction of sp³-hybridized carbons (Fsp3) is 0.444. The molecule has 0 atom stereocenters. The number of carbonyl (C=O) groups is 2. The van der Waals surface area contributed by atoms with Crippen molar-refractivity contribution in [2.24, 2.45) is 0 Å². The van der Waals surface area contributed by atoms with Gasteiger partial charge >= 0.3 is 13.1 Å². The third kappa shape index (κ3) is 4.93. The molecule has 1 aliphatic heterocycles. The van der Waals surface area contributed by atoms with E-state index in [-0.39, 0.29) is 27.0 Å². The van der Waals surface area contributed by atoms with Gasteiger partial charge in [0.05, 0.1) is 21.8 Å². The number of hydrogen-bond donors (Lipinski definition) is 1. The highest BCUT2D eigenvalue weighted by atomic mass is 35.5. The number of carboxylic acids is 1. The van der Waals surface area contributed by atoms with Crippen molar-refractivity contribution in [2.45, 2.75) is 45.8 Å². The molecule has 0 saturated carbocycles. The van der Waals surface area contributed by atoms with E-state index in [1.165, 1.54) is 19.1 Å². The zero-order valence-electron chi connectivity index (χ0n) is 15.8. The van der Waals surface area contributed by atoms with Crippen molar-refractivity contribution in [3.63, 3.8) is 0 Å². The monoisotopic (exact) mass is 414 g/mol. The maximum atomic E-state index is 14.4. The van der Waals surface area contributed by atoms with Gasteiger partial charge in [-0.25, -0.2) is 9.18 Å². The van der Waals surface area contributed by atoms with Crippen molar-refractivity contribution < 1.29 is 28.4 Å². The Morgan fingerprint density at radius 2 is 1.81 bits per heavy atom. The Morgan fingerprint density at radius 3 is 2.30 bits per heavy atom. The summed E-state index contributed by atoms with van der Waals surface area (Å²) in [5.41, 5.74) is -0.866. The first-order valence-corrected chi connectivity index (χ1v) is 9.62. The van der Waals surface area contributed by atoms with Gasteiger partial charge in [-0.1, -0.05) is 29.4 Å². The summed E-state index contributed by atoms with van der Waals surface area (Å²) in [4.78, 5) is 22.5. The minimum atomic E-state index is -1.31. The average Bonchev–Trinajstić information content (AvgIpc) is 2.74. The van der Waals surface area contributed by atoms with Gasteiger partial charge in [-0.15, -0.1) is 0 Å². The Bertz CT molecular complexity index is 793. The van der Waals surface area contributed by atoms with Gasteiger partial charge in [0.15, 0.2) is 5.12 Å². The van der Waals surface area contributed by atoms with E-state index in [1.807, 2.05) is 27.7 Å². The van der Waals surface area contributed by atoms with Crippen molar-refractivity contribution in [2.75, 3.05) is 5.75 Å². The van der Waals surface area contributed by atoms with Gasteiger partial charge < -0.3 is 14.4 Å². The molecule has 1 aromatic rings. The Hall–Kier alpha value is -1.35. The largest absolute Gasteiger partial charge is 0.491 e. The van der Waals surface area contributed by atoms with Crippen LogP contribution in [0, 0.1) is 5.82 Å². The summed E-state index contributed by atoms with van der Waals surface area (Å²) < 4.78 is 26.4. The van der Waals surface area contributed by atoms with Gasteiger partial charge in [0.2, 0.25) is 0 Å². The topological polar surface area (TPSA) is 72.8 Å². The van der Waals surface area contributed by atoms with E-state index >= 15 is 0 Å². The fourth-order valence-electron chi connectivity index (χ4n) is 2.39. The molecule has 5 nitrogen and oxygen atoms in total. The predicted octanol–water partition coefficient (Wildman–Crippen LogP) is 4.47. The van der Waals surface area contributed by atoms with Crippen LogP contribution in [-0.2, 0) is 14.1 Å². The summed E-state index contributed by atoms with van der Waals surface area (Å²) in [6.07, 6.45) is 1.49. The Kier molecular flexibility index (Phi) is 6.46. The molecule has 1 fully saturated rings. The lowest BCUT2D eigenvalue weighted by Gasteiger charge is -2.32. The summed E-state index contributed by atoms with van der Waals surface area (Å²) in [7, 11) is -0.765. The molecule has 27 heavy (non-hydrogen) atoms. The molecular formula is C18H21BClFO5S. The molecule has 1 heterocycles. The van der Waals surface area contributed by atoms with Gasteiger partial charge in [-0.05, 0) is 45.3 Å². The van der Waals surface area contributed by atoms with E-state index in [9.17, 15) is 14.0 Å². The van der Waals surface area contributed by atoms with Crippen LogP contribution in [0.15, 0.2) is 17.6 Å². The molecule has 2 rings (SSSR count). The normalized spacial score (nSPS) is 18.6. The average molecular weight is 415 g/mol. The molecule has 9 heteroatoms. The summed E-state index contributed by atoms with van der Waals surface area (Å²) in [6, 6.07) is 2.11. The Labute approximate surface area is 167 Å². The van der Waals surface area contributed by atoms with Crippen LogP contribution in [-0.4, -0.2) is 40.3 Å². The lowest BCUT2D eigenvalue weighted by atomic mass is 9.78. The van der Waals surface area contributed by atoms with E-state index in [1.54, 1.807) is 0 Å². The van der Waals surface area contributed by atoms with Crippen LogP contribution in [0.2, 0.25) is 5.02 Å². The maximum absolute atomic E-state index is 14.4. The van der Waals surface area contributed by atoms with Gasteiger partial charge in [0.25, 0.3) is 0 Å². The number of rotatable bonds is 5. The fourth-order valence-corrected chi connectivity index (χ4v) is 3.24. The second kappa shape index (κ2) is 7.95. The van der Waals surface area contributed by atoms with E-state index in [0.29, 0.717) is 5.47 Å². The standard InChI is InChI=1S/C18H21BClFO5S/c1-10(22)27-9-12(19-25-17(2,3)18(4,5)26-19)6-11-7-14(20)13(16(23)24)8-15(11)21/h6-8H,9H2,1-5H3,(H,23,24). The van der Waals surface area contributed by atoms with Gasteiger partial charge in [-0.2, -0.15) is 0 Å². The molecule has 0 radical (unpaired) electrons. The van der Waals surface area contributed by atoms with E-state index < -0.39 is 30.1 Å². The smallest absolute Gasteiger partial charge is 0.478 e. The van der Waals surface area contributed by atoms with Crippen LogP contribution in [0.5, 0.6) is 0 Å². The first kappa shape index (κ1) is 21.9. The highest BCUT2D eigenvalue weighted by molar-refractivity contribution is 8.13. The van der Waals surface area contributed by atoms with Crippen molar-refractivity contribution >= 4 is 47.6 Å². The van der Waals surface area contributed by atoms with Crippen molar-refractivity contribution in [1.29, 1.82) is 0 Å². The van der Waals surface area contributed by atoms with Gasteiger partial charge in [0.1, 0.15) is 5.82 Å². The number of benzene rings is 1. The summed E-state index contributed by atoms with van der Waals surface area (Å²) >= 11 is 7.01. The zero-order chi connectivity index (χ0) is 20.6. The third-order valence-electron chi connectivity index (χ3n) is 4.66. The van der Waals surface area contributed by atoms with E-state index in [2.05, 4.69) is 0 Å². The molecule has 1 aromatic carbocycles. The molecule has 1 N–H and O–H groups in total. The number of carboxylic acid groups (broad SMARTS) is 1. The predicted molar refractivity (Wildman–Crippen MR) is 106 cm³/mol. The number of thioether (sulfide) groups is 1. The maximum Gasteiger partial charge on any atom is 0.491 e. The minimum absolute atomic E-state index is 0.0809. The zero-order valence-corrected chi connectivity index (χ0v) is 17.3. The van der Waals surface area contributed by atoms with Crippen LogP contribution in [0.4, 0.5) is 4.39 Å². The molecule has 1 saturated heterocycles. The van der Waals surface area contributed by atoms with Crippen molar-refractivity contribution in [1.82, 2.24) is 0 Å². The van der Waals surface area contributed by atoms with E-state index in [4.69, 9.17) is 26.0 Å². The molecule has 0 unspecified atom stereocenters. The molecule has 0 bridgehead atoms. The summed E-state index contributed by atoms with van der Waals surface area (Å²) in [6.45, 7) is 9.00. The number of halogens is 2. The second-order valence-electron chi connectivity index (χ2n) is 7.25. The van der Waals surface area contributed by atoms with Crippen LogP contribution >= 0.6 is 23.4 Å². The lowest BCUT2D eigenvalue weighted by molar-refractivity contribution is -0.109. The molecule has 146 valence electrons. The molecular weight excluding hydrogens is 394 g/mol. The molecule has 0 aromatic heterocycles. The number of hydrogen-bond acceptors (Lipinski definition) is 5. The molecule has 0 spiro atoms. The van der Waals surface area contributed by atoms with Crippen molar-refractivity contribution in [3.8, 4) is 0 Å². The summed E-state index contributed by atoms with van der Waals surface area (Å²) in [5.74, 6) is -1.81. The summed E-state index contributed by atoms with van der Waals surface area (Å²) in [5, 5.41) is 8.87. The number of carbonyl (C=O) groups excluding carboxylic acids is 1. The van der Waals surface area contributed by atoms with Gasteiger partial charge in [-0.3, -0.25) is 4.79 Å². The SMILES string of the molecule is CC(=O)SCC(=Cc1cc(Cl)c(C(=O)O)cc1F)B1OC(C)(C)C(C)(C)O1. The lowest BCUT2D eigenvalue weighted by Crippen LogP contribution is -2.41. The van der Waals surface area contributed by atoms with Crippen molar-refractivity contribution in [3.05, 3.63) is 39.6 Å². The highest BCUT2D eigenvalue weighted by Gasteiger charge is 2.52. The second-order valence-corrected chi connectivity index (χ2v) is 8.81. The van der Waals surface area contributed by atoms with Crippen LogP contribution in [0.1, 0.15) is 50.5 Å². The van der Waals surface area contributed by atoms with Gasteiger partial charge in [0, 0.05) is 18.2 Å². The molecule has 0 aliphatic carbocycles. The van der Waals surface area contributed by atoms with Crippen LogP contribution in [0.3, 0.4) is 0 Å². The van der Waals surface area contributed by atoms with Crippen LogP contribution < -0.4 is 0 Å². The molecule has 0 amide bonds. The third-order valence-corrected chi connectivity index (χ3v) is 5.85. The minimum Gasteiger partial charge on any atom is -0.478 e. The quantitative estimate of drug-likeness (QED) is 0.717.